The zero-order valence-electron chi connectivity index (χ0n) is 29.2. The molecule has 50 heavy (non-hydrogen) atoms. The monoisotopic (exact) mass is 698 g/mol. The number of ether oxygens (including phenoxy) is 4. The van der Waals surface area contributed by atoms with Crippen LogP contribution < -0.4 is 10.6 Å². The molecule has 0 bridgehead atoms. The minimum atomic E-state index is -1.76. The van der Waals surface area contributed by atoms with Crippen molar-refractivity contribution in [3.8, 4) is 5.75 Å². The number of benzene rings is 2. The van der Waals surface area contributed by atoms with E-state index in [1.54, 1.807) is 41.5 Å². The number of amides is 2. The van der Waals surface area contributed by atoms with Gasteiger partial charge in [0.25, 0.3) is 5.91 Å². The average Bonchev–Trinajstić information content (AvgIpc) is 3.28. The maximum Gasteiger partial charge on any atom is 0.348 e. The zero-order valence-corrected chi connectivity index (χ0v) is 29.2. The molecule has 1 saturated heterocycles. The van der Waals surface area contributed by atoms with Crippen molar-refractivity contribution in [3.05, 3.63) is 59.7 Å². The Hall–Kier alpha value is -4.98. The second kappa shape index (κ2) is 17.1. The molecule has 0 radical (unpaired) electrons. The molecule has 2 aromatic carbocycles. The molecule has 2 unspecified atom stereocenters. The maximum absolute atomic E-state index is 13.8. The summed E-state index contributed by atoms with van der Waals surface area (Å²) >= 11 is 0. The van der Waals surface area contributed by atoms with Gasteiger partial charge >= 0.3 is 23.9 Å². The Morgan fingerprint density at radius 3 is 2.22 bits per heavy atom. The SMILES string of the molecule is CC[C@H](C)[C@H](O)C(=O)OC(C)C(NC(=O)c1cccc(NC=O)c1O)C(=O)O[C@H](C(=O)O[C@@H]1[C@H](Cc2ccccc2)OC(=O)C1(C)C)C(C)C. The second-order valence-corrected chi connectivity index (χ2v) is 13.2. The topological polar surface area (TPSA) is 204 Å². The fourth-order valence-electron chi connectivity index (χ4n) is 5.27. The van der Waals surface area contributed by atoms with Crippen LogP contribution in [-0.4, -0.2) is 83.0 Å². The van der Waals surface area contributed by atoms with Crippen LogP contribution in [0.3, 0.4) is 0 Å². The van der Waals surface area contributed by atoms with Crippen molar-refractivity contribution in [1.82, 2.24) is 5.32 Å². The van der Waals surface area contributed by atoms with Crippen molar-refractivity contribution in [2.75, 3.05) is 5.32 Å². The van der Waals surface area contributed by atoms with E-state index >= 15 is 0 Å². The van der Waals surface area contributed by atoms with E-state index in [0.717, 1.165) is 5.56 Å². The number of rotatable bonds is 16. The van der Waals surface area contributed by atoms with Crippen LogP contribution in [0.5, 0.6) is 5.75 Å². The summed E-state index contributed by atoms with van der Waals surface area (Å²) in [5.41, 5.74) is -0.820. The number of esters is 4. The van der Waals surface area contributed by atoms with Crippen molar-refractivity contribution in [2.24, 2.45) is 17.3 Å². The van der Waals surface area contributed by atoms with Crippen LogP contribution in [0.1, 0.15) is 70.8 Å². The van der Waals surface area contributed by atoms with E-state index in [2.05, 4.69) is 10.6 Å². The highest BCUT2D eigenvalue weighted by molar-refractivity contribution is 6.01. The Morgan fingerprint density at radius 2 is 1.62 bits per heavy atom. The molecule has 2 aromatic rings. The summed E-state index contributed by atoms with van der Waals surface area (Å²) in [7, 11) is 0. The molecule has 1 aliphatic heterocycles. The highest BCUT2D eigenvalue weighted by atomic mass is 16.6. The molecule has 1 heterocycles. The van der Waals surface area contributed by atoms with Crippen LogP contribution in [-0.2, 0) is 49.3 Å². The lowest BCUT2D eigenvalue weighted by molar-refractivity contribution is -0.183. The number of cyclic esters (lactones) is 1. The Bertz CT molecular complexity index is 1540. The van der Waals surface area contributed by atoms with Crippen LogP contribution in [0, 0.1) is 17.3 Å². The van der Waals surface area contributed by atoms with Gasteiger partial charge in [-0.2, -0.15) is 0 Å². The summed E-state index contributed by atoms with van der Waals surface area (Å²) in [5, 5.41) is 25.6. The minimum Gasteiger partial charge on any atom is -0.505 e. The van der Waals surface area contributed by atoms with Crippen LogP contribution in [0.4, 0.5) is 5.69 Å². The summed E-state index contributed by atoms with van der Waals surface area (Å²) in [4.78, 5) is 77.3. The van der Waals surface area contributed by atoms with E-state index < -0.39 is 89.3 Å². The lowest BCUT2D eigenvalue weighted by Crippen LogP contribution is -2.53. The maximum atomic E-state index is 13.8. The summed E-state index contributed by atoms with van der Waals surface area (Å²) in [5.74, 6) is -6.58. The molecule has 14 heteroatoms. The van der Waals surface area contributed by atoms with E-state index in [9.17, 15) is 39.0 Å². The Kier molecular flexibility index (Phi) is 13.5. The van der Waals surface area contributed by atoms with Gasteiger partial charge in [-0.25, -0.2) is 14.4 Å². The fraction of sp³-hybridized carbons (Fsp3) is 0.500. The first-order valence-electron chi connectivity index (χ1n) is 16.4. The number of hydrogen-bond acceptors (Lipinski definition) is 12. The molecule has 1 aliphatic rings. The molecule has 14 nitrogen and oxygen atoms in total. The van der Waals surface area contributed by atoms with Gasteiger partial charge in [0.1, 0.15) is 17.6 Å². The van der Waals surface area contributed by atoms with E-state index in [-0.39, 0.29) is 17.7 Å². The number of aromatic hydroxyl groups is 1. The summed E-state index contributed by atoms with van der Waals surface area (Å²) in [6, 6.07) is 11.3. The van der Waals surface area contributed by atoms with Gasteiger partial charge in [0.05, 0.1) is 11.3 Å². The van der Waals surface area contributed by atoms with Crippen molar-refractivity contribution in [3.63, 3.8) is 0 Å². The molecule has 0 aromatic heterocycles. The van der Waals surface area contributed by atoms with E-state index in [4.69, 9.17) is 18.9 Å². The third kappa shape index (κ3) is 9.37. The van der Waals surface area contributed by atoms with Crippen LogP contribution in [0.25, 0.3) is 0 Å². The predicted molar refractivity (Wildman–Crippen MR) is 178 cm³/mol. The number of nitrogens with one attached hydrogen (secondary N) is 2. The summed E-state index contributed by atoms with van der Waals surface area (Å²) in [6.07, 6.45) is -5.41. The first kappa shape index (κ1) is 39.5. The van der Waals surface area contributed by atoms with Crippen molar-refractivity contribution in [2.45, 2.75) is 97.9 Å². The van der Waals surface area contributed by atoms with Crippen LogP contribution in [0.2, 0.25) is 0 Å². The quantitative estimate of drug-likeness (QED) is 0.0865. The van der Waals surface area contributed by atoms with Gasteiger partial charge < -0.3 is 39.8 Å². The number of phenolic OH excluding ortho intramolecular Hbond substituents is 1. The van der Waals surface area contributed by atoms with Gasteiger partial charge in [-0.3, -0.25) is 14.4 Å². The zero-order chi connectivity index (χ0) is 37.3. The molecule has 2 amide bonds. The second-order valence-electron chi connectivity index (χ2n) is 13.2. The van der Waals surface area contributed by atoms with Gasteiger partial charge in [-0.15, -0.1) is 0 Å². The largest absolute Gasteiger partial charge is 0.505 e. The van der Waals surface area contributed by atoms with Crippen molar-refractivity contribution < 1.29 is 57.9 Å². The van der Waals surface area contributed by atoms with E-state index in [1.807, 2.05) is 30.3 Å². The number of aliphatic hydroxyl groups excluding tert-OH is 1. The summed E-state index contributed by atoms with van der Waals surface area (Å²) in [6.45, 7) is 11.0. The standard InChI is InChI=1S/C36H46N2O12/c1-8-20(4)27(40)33(44)47-21(5)26(38-31(42)23-15-12-16-24(28(23)41)37-18-39)32(43)49-29(19(2)3)34(45)50-30-25(48-35(46)36(30,6)7)17-22-13-10-9-11-14-22/h9-16,18-21,25-27,29-30,40-41H,8,17H2,1-7H3,(H,37,39)(H,38,42)/t20-,21?,25-,26?,27-,29-,30+/m0/s1. The average molecular weight is 699 g/mol. The molecular weight excluding hydrogens is 652 g/mol. The molecule has 0 saturated carbocycles. The molecular formula is C36H46N2O12. The lowest BCUT2D eigenvalue weighted by atomic mass is 9.84. The normalized spacial score (nSPS) is 19.6. The molecule has 4 N–H and O–H groups in total. The highest BCUT2D eigenvalue weighted by Crippen LogP contribution is 2.38. The van der Waals surface area contributed by atoms with Crippen molar-refractivity contribution in [1.29, 1.82) is 0 Å². The van der Waals surface area contributed by atoms with E-state index in [1.165, 1.54) is 25.1 Å². The summed E-state index contributed by atoms with van der Waals surface area (Å²) < 4.78 is 22.4. The van der Waals surface area contributed by atoms with Gasteiger partial charge in [0.15, 0.2) is 24.0 Å². The Labute approximate surface area is 290 Å². The Morgan fingerprint density at radius 1 is 0.960 bits per heavy atom. The highest BCUT2D eigenvalue weighted by Gasteiger charge is 2.54. The molecule has 0 spiro atoms. The minimum absolute atomic E-state index is 0.0894. The molecule has 3 rings (SSSR count). The number of phenols is 1. The smallest absolute Gasteiger partial charge is 0.348 e. The van der Waals surface area contributed by atoms with Gasteiger partial charge in [-0.1, -0.05) is 70.5 Å². The number of carbonyl (C=O) groups excluding carboxylic acids is 6. The predicted octanol–water partition coefficient (Wildman–Crippen LogP) is 3.07. The number of carbonyl (C=O) groups is 6. The molecule has 1 fully saturated rings. The molecule has 0 aliphatic carbocycles. The first-order valence-corrected chi connectivity index (χ1v) is 16.4. The van der Waals surface area contributed by atoms with Crippen LogP contribution in [0.15, 0.2) is 48.5 Å². The fourth-order valence-corrected chi connectivity index (χ4v) is 5.27. The third-order valence-corrected chi connectivity index (χ3v) is 8.67. The number of aliphatic hydroxyl groups is 1. The number of hydrogen-bond donors (Lipinski definition) is 4. The lowest BCUT2D eigenvalue weighted by Gasteiger charge is -2.30. The Balaban J connectivity index is 1.89. The third-order valence-electron chi connectivity index (χ3n) is 8.67. The van der Waals surface area contributed by atoms with Gasteiger partial charge in [0.2, 0.25) is 12.5 Å². The van der Waals surface area contributed by atoms with E-state index in [0.29, 0.717) is 12.8 Å². The van der Waals surface area contributed by atoms with Gasteiger partial charge in [0, 0.05) is 12.3 Å². The van der Waals surface area contributed by atoms with Crippen LogP contribution >= 0.6 is 0 Å². The molecule has 272 valence electrons. The number of para-hydroxylation sites is 1. The van der Waals surface area contributed by atoms with Crippen molar-refractivity contribution >= 4 is 41.9 Å². The number of anilines is 1. The first-order chi connectivity index (χ1) is 23.5. The molecule has 7 atom stereocenters. The van der Waals surface area contributed by atoms with Gasteiger partial charge in [-0.05, 0) is 44.4 Å².